The van der Waals surface area contributed by atoms with E-state index in [4.69, 9.17) is 21.1 Å². The molecular formula is C18H19ClN2O4S. The van der Waals surface area contributed by atoms with E-state index in [9.17, 15) is 9.59 Å². The lowest BCUT2D eigenvalue weighted by atomic mass is 10.2. The Bertz CT molecular complexity index is 848. The van der Waals surface area contributed by atoms with Crippen LogP contribution in [0.5, 0.6) is 5.75 Å². The van der Waals surface area contributed by atoms with Crippen LogP contribution in [0, 0.1) is 13.8 Å². The van der Waals surface area contributed by atoms with Gasteiger partial charge in [0.2, 0.25) is 0 Å². The average Bonchev–Trinajstić information content (AvgIpc) is 3.01. The Morgan fingerprint density at radius 2 is 2.08 bits per heavy atom. The topological polar surface area (TPSA) is 77.5 Å². The molecule has 0 spiro atoms. The van der Waals surface area contributed by atoms with Crippen LogP contribution in [0.3, 0.4) is 0 Å². The van der Waals surface area contributed by atoms with Gasteiger partial charge in [0.25, 0.3) is 5.91 Å². The van der Waals surface area contributed by atoms with Gasteiger partial charge in [-0.3, -0.25) is 4.79 Å². The van der Waals surface area contributed by atoms with Gasteiger partial charge >= 0.3 is 5.97 Å². The first-order valence-corrected chi connectivity index (χ1v) is 9.01. The van der Waals surface area contributed by atoms with E-state index in [2.05, 4.69) is 10.3 Å². The fourth-order valence-electron chi connectivity index (χ4n) is 2.04. The summed E-state index contributed by atoms with van der Waals surface area (Å²) in [5, 5.41) is 5.93. The second-order valence-corrected chi connectivity index (χ2v) is 6.96. The van der Waals surface area contributed by atoms with Crippen LogP contribution in [-0.4, -0.2) is 30.1 Å². The van der Waals surface area contributed by atoms with Gasteiger partial charge in [0.1, 0.15) is 5.75 Å². The van der Waals surface area contributed by atoms with Crippen molar-refractivity contribution in [1.82, 2.24) is 4.98 Å². The number of halogens is 1. The van der Waals surface area contributed by atoms with Crippen LogP contribution in [0.15, 0.2) is 23.6 Å². The number of rotatable bonds is 6. The zero-order valence-corrected chi connectivity index (χ0v) is 16.4. The Kier molecular flexibility index (Phi) is 6.76. The number of hydrogen-bond donors (Lipinski definition) is 1. The molecule has 0 aliphatic heterocycles. The largest absolute Gasteiger partial charge is 0.495 e. The number of nitrogens with one attached hydrogen (secondary N) is 1. The Balaban J connectivity index is 1.98. The van der Waals surface area contributed by atoms with Gasteiger partial charge in [-0.1, -0.05) is 11.6 Å². The molecule has 0 bridgehead atoms. The minimum absolute atomic E-state index is 0.422. The third kappa shape index (κ3) is 5.31. The molecule has 0 saturated carbocycles. The molecule has 0 saturated heterocycles. The van der Waals surface area contributed by atoms with E-state index in [1.165, 1.54) is 31.4 Å². The number of benzene rings is 1. The SMILES string of the molecule is COc1cc(Cl)c(C)cc1NC(=O)C(C)OC(=O)/C=C/c1csc(C)n1. The molecule has 2 rings (SSSR count). The van der Waals surface area contributed by atoms with E-state index in [0.29, 0.717) is 22.2 Å². The number of thiazole rings is 1. The summed E-state index contributed by atoms with van der Waals surface area (Å²) in [5.41, 5.74) is 1.91. The maximum atomic E-state index is 12.3. The van der Waals surface area contributed by atoms with Crippen molar-refractivity contribution in [3.05, 3.63) is 44.9 Å². The molecular weight excluding hydrogens is 376 g/mol. The van der Waals surface area contributed by atoms with Crippen molar-refractivity contribution in [3.63, 3.8) is 0 Å². The van der Waals surface area contributed by atoms with Crippen LogP contribution in [0.1, 0.15) is 23.2 Å². The minimum Gasteiger partial charge on any atom is -0.495 e. The Hall–Kier alpha value is -2.38. The highest BCUT2D eigenvalue weighted by Crippen LogP contribution is 2.31. The number of amides is 1. The number of esters is 1. The number of methoxy groups -OCH3 is 1. The molecule has 1 aromatic carbocycles. The summed E-state index contributed by atoms with van der Waals surface area (Å²) >= 11 is 7.53. The van der Waals surface area contributed by atoms with Crippen LogP contribution in [-0.2, 0) is 14.3 Å². The number of aryl methyl sites for hydroxylation is 2. The third-order valence-electron chi connectivity index (χ3n) is 3.43. The van der Waals surface area contributed by atoms with E-state index >= 15 is 0 Å². The molecule has 0 aliphatic carbocycles. The van der Waals surface area contributed by atoms with Crippen molar-refractivity contribution >= 4 is 46.6 Å². The first kappa shape index (κ1) is 19.9. The minimum atomic E-state index is -0.981. The lowest BCUT2D eigenvalue weighted by Gasteiger charge is -2.15. The molecule has 2 aromatic rings. The molecule has 26 heavy (non-hydrogen) atoms. The number of anilines is 1. The molecule has 0 aliphatic rings. The van der Waals surface area contributed by atoms with E-state index in [1.807, 2.05) is 19.2 Å². The predicted octanol–water partition coefficient (Wildman–Crippen LogP) is 4.01. The van der Waals surface area contributed by atoms with Crippen LogP contribution >= 0.6 is 22.9 Å². The molecule has 1 heterocycles. The average molecular weight is 395 g/mol. The normalized spacial score (nSPS) is 12.0. The van der Waals surface area contributed by atoms with Gasteiger partial charge in [0.15, 0.2) is 6.10 Å². The summed E-state index contributed by atoms with van der Waals surface area (Å²) in [4.78, 5) is 28.3. The summed E-state index contributed by atoms with van der Waals surface area (Å²) in [6, 6.07) is 3.31. The van der Waals surface area contributed by atoms with E-state index in [-0.39, 0.29) is 0 Å². The summed E-state index contributed by atoms with van der Waals surface area (Å²) in [7, 11) is 1.48. The molecule has 0 fully saturated rings. The molecule has 6 nitrogen and oxygen atoms in total. The summed E-state index contributed by atoms with van der Waals surface area (Å²) in [5.74, 6) is -0.680. The van der Waals surface area contributed by atoms with Crippen molar-refractivity contribution in [1.29, 1.82) is 0 Å². The summed E-state index contributed by atoms with van der Waals surface area (Å²) in [6.45, 7) is 5.18. The lowest BCUT2D eigenvalue weighted by Crippen LogP contribution is -2.29. The lowest BCUT2D eigenvalue weighted by molar-refractivity contribution is -0.148. The van der Waals surface area contributed by atoms with Gasteiger partial charge in [0.05, 0.1) is 23.5 Å². The van der Waals surface area contributed by atoms with E-state index in [0.717, 1.165) is 10.6 Å². The molecule has 1 aromatic heterocycles. The molecule has 1 unspecified atom stereocenters. The molecule has 1 N–H and O–H groups in total. The number of nitrogens with zero attached hydrogens (tertiary/aromatic N) is 1. The molecule has 1 amide bonds. The zero-order valence-electron chi connectivity index (χ0n) is 14.8. The van der Waals surface area contributed by atoms with Crippen molar-refractivity contribution in [3.8, 4) is 5.75 Å². The van der Waals surface area contributed by atoms with E-state index in [1.54, 1.807) is 18.2 Å². The first-order chi connectivity index (χ1) is 12.3. The van der Waals surface area contributed by atoms with Crippen molar-refractivity contribution in [2.75, 3.05) is 12.4 Å². The number of carbonyl (C=O) groups is 2. The number of ether oxygens (including phenoxy) is 2. The fourth-order valence-corrected chi connectivity index (χ4v) is 2.78. The second kappa shape index (κ2) is 8.82. The predicted molar refractivity (Wildman–Crippen MR) is 103 cm³/mol. The van der Waals surface area contributed by atoms with Crippen molar-refractivity contribution < 1.29 is 19.1 Å². The van der Waals surface area contributed by atoms with Gasteiger partial charge in [-0.05, 0) is 38.5 Å². The van der Waals surface area contributed by atoms with Crippen LogP contribution in [0.2, 0.25) is 5.02 Å². The van der Waals surface area contributed by atoms with Gasteiger partial charge in [-0.15, -0.1) is 11.3 Å². The Morgan fingerprint density at radius 3 is 2.69 bits per heavy atom. The first-order valence-electron chi connectivity index (χ1n) is 7.76. The van der Waals surface area contributed by atoms with E-state index < -0.39 is 18.0 Å². The maximum Gasteiger partial charge on any atom is 0.331 e. The monoisotopic (exact) mass is 394 g/mol. The Labute approximate surface area is 160 Å². The molecule has 8 heteroatoms. The van der Waals surface area contributed by atoms with Gasteiger partial charge < -0.3 is 14.8 Å². The van der Waals surface area contributed by atoms with Crippen LogP contribution in [0.25, 0.3) is 6.08 Å². The second-order valence-electron chi connectivity index (χ2n) is 5.49. The van der Waals surface area contributed by atoms with Crippen LogP contribution < -0.4 is 10.1 Å². The molecule has 138 valence electrons. The quantitative estimate of drug-likeness (QED) is 0.591. The number of carbonyl (C=O) groups excluding carboxylic acids is 2. The highest BCUT2D eigenvalue weighted by Gasteiger charge is 2.19. The highest BCUT2D eigenvalue weighted by molar-refractivity contribution is 7.09. The van der Waals surface area contributed by atoms with Gasteiger partial charge in [-0.2, -0.15) is 0 Å². The van der Waals surface area contributed by atoms with Gasteiger partial charge in [-0.25, -0.2) is 9.78 Å². The van der Waals surface area contributed by atoms with Gasteiger partial charge in [0, 0.05) is 22.5 Å². The smallest absolute Gasteiger partial charge is 0.331 e. The van der Waals surface area contributed by atoms with Crippen molar-refractivity contribution in [2.45, 2.75) is 26.9 Å². The summed E-state index contributed by atoms with van der Waals surface area (Å²) < 4.78 is 10.3. The fraction of sp³-hybridized carbons (Fsp3) is 0.278. The van der Waals surface area contributed by atoms with Crippen molar-refractivity contribution in [2.24, 2.45) is 0 Å². The van der Waals surface area contributed by atoms with Crippen LogP contribution in [0.4, 0.5) is 5.69 Å². The number of hydrogen-bond acceptors (Lipinski definition) is 6. The third-order valence-corrected chi connectivity index (χ3v) is 4.63. The molecule has 1 atom stereocenters. The maximum absolute atomic E-state index is 12.3. The summed E-state index contributed by atoms with van der Waals surface area (Å²) in [6.07, 6.45) is 1.80. The molecule has 0 radical (unpaired) electrons. The Morgan fingerprint density at radius 1 is 1.35 bits per heavy atom. The number of aromatic nitrogens is 1. The highest BCUT2D eigenvalue weighted by atomic mass is 35.5. The standard InChI is InChI=1S/C18H19ClN2O4S/c1-10-7-15(16(24-4)8-14(10)19)21-18(23)11(2)25-17(22)6-5-13-9-26-12(3)20-13/h5-9,11H,1-4H3,(H,21,23)/b6-5+. The zero-order chi connectivity index (χ0) is 19.3.